The molecule has 2 aromatic rings. The first-order valence-electron chi connectivity index (χ1n) is 7.36. The molecule has 0 aromatic heterocycles. The van der Waals surface area contributed by atoms with Crippen LogP contribution in [-0.4, -0.2) is 6.02 Å². The summed E-state index contributed by atoms with van der Waals surface area (Å²) in [4.78, 5) is 4.58. The number of hydrogen-bond donors (Lipinski definition) is 1. The molecule has 0 amide bonds. The monoisotopic (exact) mass is 278 g/mol. The maximum Gasteiger partial charge on any atom is 0.283 e. The predicted octanol–water partition coefficient (Wildman–Crippen LogP) is 3.29. The van der Waals surface area contributed by atoms with E-state index in [0.29, 0.717) is 11.9 Å². The summed E-state index contributed by atoms with van der Waals surface area (Å²) in [7, 11) is 0. The number of aliphatic imine (C=N–C) groups is 1. The summed E-state index contributed by atoms with van der Waals surface area (Å²) in [6.45, 7) is 2.10. The first kappa shape index (κ1) is 12.5. The number of rotatable bonds is 1. The fourth-order valence-electron chi connectivity index (χ4n) is 3.50. The van der Waals surface area contributed by atoms with Crippen molar-refractivity contribution in [3.8, 4) is 0 Å². The Morgan fingerprint density at radius 2 is 1.86 bits per heavy atom. The molecular formula is C18H18N2O. The van der Waals surface area contributed by atoms with E-state index < -0.39 is 0 Å². The molecule has 0 bridgehead atoms. The molecule has 21 heavy (non-hydrogen) atoms. The van der Waals surface area contributed by atoms with E-state index in [1.54, 1.807) is 0 Å². The maximum atomic E-state index is 5.93. The van der Waals surface area contributed by atoms with E-state index in [4.69, 9.17) is 10.5 Å². The van der Waals surface area contributed by atoms with Crippen molar-refractivity contribution in [3.05, 3.63) is 70.8 Å². The molecule has 1 heterocycles. The number of fused-ring (bicyclic) bond motifs is 3. The first-order valence-corrected chi connectivity index (χ1v) is 7.36. The second-order valence-electron chi connectivity index (χ2n) is 5.93. The SMILES string of the molecule is Cc1ccc([C@@H]2N=C(N)O[C@@H]3c4ccccc4C[C@@H]32)cc1. The minimum atomic E-state index is 0.0324. The molecule has 2 N–H and O–H groups in total. The van der Waals surface area contributed by atoms with Gasteiger partial charge < -0.3 is 10.5 Å². The van der Waals surface area contributed by atoms with Gasteiger partial charge in [0.2, 0.25) is 0 Å². The highest BCUT2D eigenvalue weighted by Crippen LogP contribution is 2.48. The summed E-state index contributed by atoms with van der Waals surface area (Å²) >= 11 is 0. The van der Waals surface area contributed by atoms with Crippen LogP contribution in [0.5, 0.6) is 0 Å². The Labute approximate surface area is 124 Å². The van der Waals surface area contributed by atoms with Gasteiger partial charge >= 0.3 is 0 Å². The molecule has 0 unspecified atom stereocenters. The number of aryl methyl sites for hydroxylation is 1. The molecule has 1 aliphatic carbocycles. The van der Waals surface area contributed by atoms with Crippen LogP contribution in [0, 0.1) is 12.8 Å². The van der Waals surface area contributed by atoms with Gasteiger partial charge in [0.1, 0.15) is 6.10 Å². The Bertz CT molecular complexity index is 705. The fourth-order valence-corrected chi connectivity index (χ4v) is 3.50. The summed E-state index contributed by atoms with van der Waals surface area (Å²) in [5.74, 6) is 0.331. The molecule has 0 spiro atoms. The molecule has 0 radical (unpaired) electrons. The molecule has 106 valence electrons. The minimum Gasteiger partial charge on any atom is -0.457 e. The second kappa shape index (κ2) is 4.62. The van der Waals surface area contributed by atoms with Crippen LogP contribution in [0.3, 0.4) is 0 Å². The molecule has 4 rings (SSSR count). The fraction of sp³-hybridized carbons (Fsp3) is 0.278. The summed E-state index contributed by atoms with van der Waals surface area (Å²) in [6.07, 6.45) is 1.03. The smallest absolute Gasteiger partial charge is 0.283 e. The lowest BCUT2D eigenvalue weighted by atomic mass is 9.88. The number of amidine groups is 1. The van der Waals surface area contributed by atoms with Crippen molar-refractivity contribution < 1.29 is 4.74 Å². The normalized spacial score (nSPS) is 26.5. The lowest BCUT2D eigenvalue weighted by Gasteiger charge is -2.31. The average molecular weight is 278 g/mol. The first-order chi connectivity index (χ1) is 10.2. The number of nitrogens with zero attached hydrogens (tertiary/aromatic N) is 1. The van der Waals surface area contributed by atoms with Crippen LogP contribution in [-0.2, 0) is 11.2 Å². The van der Waals surface area contributed by atoms with E-state index in [1.807, 2.05) is 0 Å². The average Bonchev–Trinajstić information content (AvgIpc) is 2.86. The highest BCUT2D eigenvalue weighted by Gasteiger charge is 2.42. The van der Waals surface area contributed by atoms with Crippen LogP contribution < -0.4 is 5.73 Å². The van der Waals surface area contributed by atoms with Crippen LogP contribution in [0.4, 0.5) is 0 Å². The molecule has 3 heteroatoms. The summed E-state index contributed by atoms with van der Waals surface area (Å²) in [5.41, 5.74) is 11.0. The van der Waals surface area contributed by atoms with Crippen LogP contribution >= 0.6 is 0 Å². The molecule has 0 saturated heterocycles. The summed E-state index contributed by atoms with van der Waals surface area (Å²) < 4.78 is 5.84. The minimum absolute atomic E-state index is 0.0324. The van der Waals surface area contributed by atoms with Gasteiger partial charge in [-0.3, -0.25) is 0 Å². The molecule has 2 aliphatic rings. The van der Waals surface area contributed by atoms with Gasteiger partial charge in [-0.2, -0.15) is 0 Å². The maximum absolute atomic E-state index is 5.93. The summed E-state index contributed by atoms with van der Waals surface area (Å²) in [6, 6.07) is 17.4. The van der Waals surface area contributed by atoms with E-state index >= 15 is 0 Å². The Morgan fingerprint density at radius 3 is 2.67 bits per heavy atom. The van der Waals surface area contributed by atoms with E-state index in [-0.39, 0.29) is 12.1 Å². The number of benzene rings is 2. The topological polar surface area (TPSA) is 47.6 Å². The highest BCUT2D eigenvalue weighted by molar-refractivity contribution is 5.73. The van der Waals surface area contributed by atoms with Crippen molar-refractivity contribution in [1.82, 2.24) is 0 Å². The van der Waals surface area contributed by atoms with Gasteiger partial charge in [-0.25, -0.2) is 4.99 Å². The van der Waals surface area contributed by atoms with Gasteiger partial charge in [-0.05, 0) is 30.0 Å². The number of nitrogens with two attached hydrogens (primary N) is 1. The molecule has 2 aromatic carbocycles. The Balaban J connectivity index is 1.76. The second-order valence-corrected chi connectivity index (χ2v) is 5.93. The van der Waals surface area contributed by atoms with E-state index in [9.17, 15) is 0 Å². The lowest BCUT2D eigenvalue weighted by Crippen LogP contribution is -2.31. The molecule has 0 fully saturated rings. The van der Waals surface area contributed by atoms with Gasteiger partial charge in [0.05, 0.1) is 6.04 Å². The third-order valence-corrected chi connectivity index (χ3v) is 4.54. The largest absolute Gasteiger partial charge is 0.457 e. The van der Waals surface area contributed by atoms with E-state index in [2.05, 4.69) is 60.4 Å². The highest BCUT2D eigenvalue weighted by atomic mass is 16.5. The van der Waals surface area contributed by atoms with Crippen LogP contribution in [0.2, 0.25) is 0 Å². The molecule has 0 saturated carbocycles. The third-order valence-electron chi connectivity index (χ3n) is 4.54. The predicted molar refractivity (Wildman–Crippen MR) is 83.0 cm³/mol. The van der Waals surface area contributed by atoms with Gasteiger partial charge in [-0.15, -0.1) is 0 Å². The zero-order valence-electron chi connectivity index (χ0n) is 12.0. The van der Waals surface area contributed by atoms with Crippen molar-refractivity contribution in [3.63, 3.8) is 0 Å². The Hall–Kier alpha value is -2.29. The van der Waals surface area contributed by atoms with E-state index in [0.717, 1.165) is 6.42 Å². The number of ether oxygens (including phenoxy) is 1. The van der Waals surface area contributed by atoms with Gasteiger partial charge in [0, 0.05) is 5.92 Å². The van der Waals surface area contributed by atoms with Crippen molar-refractivity contribution in [2.24, 2.45) is 16.6 Å². The standard InChI is InChI=1S/C18H18N2O/c1-11-6-8-12(9-7-11)16-15-10-13-4-2-3-5-14(13)17(15)21-18(19)20-16/h2-9,15-17H,10H2,1H3,(H2,19,20)/t15-,16+,17-/m1/s1. The lowest BCUT2D eigenvalue weighted by molar-refractivity contribution is 0.0964. The van der Waals surface area contributed by atoms with Crippen LogP contribution in [0.1, 0.15) is 34.4 Å². The molecule has 3 atom stereocenters. The third kappa shape index (κ3) is 2.00. The van der Waals surface area contributed by atoms with E-state index in [1.165, 1.54) is 22.3 Å². The van der Waals surface area contributed by atoms with Gasteiger partial charge in [0.15, 0.2) is 0 Å². The van der Waals surface area contributed by atoms with Crippen molar-refractivity contribution in [2.75, 3.05) is 0 Å². The number of hydrogen-bond acceptors (Lipinski definition) is 3. The Kier molecular flexibility index (Phi) is 2.74. The van der Waals surface area contributed by atoms with Crippen molar-refractivity contribution in [1.29, 1.82) is 0 Å². The van der Waals surface area contributed by atoms with Gasteiger partial charge in [0.25, 0.3) is 6.02 Å². The zero-order chi connectivity index (χ0) is 14.4. The molecule has 1 aliphatic heterocycles. The molecular weight excluding hydrogens is 260 g/mol. The molecule has 3 nitrogen and oxygen atoms in total. The Morgan fingerprint density at radius 1 is 1.10 bits per heavy atom. The van der Waals surface area contributed by atoms with Crippen LogP contribution in [0.25, 0.3) is 0 Å². The van der Waals surface area contributed by atoms with Gasteiger partial charge in [-0.1, -0.05) is 54.1 Å². The quantitative estimate of drug-likeness (QED) is 0.870. The van der Waals surface area contributed by atoms with Crippen molar-refractivity contribution >= 4 is 6.02 Å². The zero-order valence-corrected chi connectivity index (χ0v) is 12.0. The van der Waals surface area contributed by atoms with Crippen LogP contribution in [0.15, 0.2) is 53.5 Å². The summed E-state index contributed by atoms with van der Waals surface area (Å²) in [5, 5.41) is 0. The van der Waals surface area contributed by atoms with Crippen molar-refractivity contribution in [2.45, 2.75) is 25.5 Å².